The Morgan fingerprint density at radius 2 is 2.11 bits per heavy atom. The molecule has 1 aliphatic carbocycles. The Kier molecular flexibility index (Phi) is 7.50. The summed E-state index contributed by atoms with van der Waals surface area (Å²) in [6.45, 7) is 4.02. The molecule has 1 unspecified atom stereocenters. The van der Waals surface area contributed by atoms with Crippen molar-refractivity contribution in [2.45, 2.75) is 57.4 Å². The van der Waals surface area contributed by atoms with Crippen LogP contribution in [0.4, 0.5) is 11.5 Å². The zero-order chi connectivity index (χ0) is 20.9. The molecule has 0 N–H and O–H groups in total. The number of halogens is 1. The summed E-state index contributed by atoms with van der Waals surface area (Å²) in [6.07, 6.45) is 3.34. The fourth-order valence-corrected chi connectivity index (χ4v) is 3.74. The first-order valence-electron chi connectivity index (χ1n) is 9.00. The molecule has 1 aromatic rings. The van der Waals surface area contributed by atoms with E-state index in [1.54, 1.807) is 18.9 Å². The summed E-state index contributed by atoms with van der Waals surface area (Å²) in [5, 5.41) is 11.4. The van der Waals surface area contributed by atoms with Crippen LogP contribution in [0.3, 0.4) is 0 Å². The zero-order valence-corrected chi connectivity index (χ0v) is 17.1. The molecular formula is C17H25ClN4O6. The van der Waals surface area contributed by atoms with Crippen LogP contribution in [0.1, 0.15) is 39.5 Å². The van der Waals surface area contributed by atoms with Gasteiger partial charge in [-0.25, -0.2) is 9.78 Å². The van der Waals surface area contributed by atoms with Gasteiger partial charge >= 0.3 is 11.7 Å². The first kappa shape index (κ1) is 22.3. The SMILES string of the molecule is CCOC1(OC)CCC(N(c2nc(Cl)ncc2[N+](=O)[O-])C(C)C(=O)OC)CC1. The van der Waals surface area contributed by atoms with Crippen LogP contribution in [0.15, 0.2) is 6.20 Å². The monoisotopic (exact) mass is 416 g/mol. The summed E-state index contributed by atoms with van der Waals surface area (Å²) in [5.74, 6) is -1.23. The molecule has 1 fully saturated rings. The van der Waals surface area contributed by atoms with Gasteiger partial charge in [-0.1, -0.05) is 0 Å². The van der Waals surface area contributed by atoms with Gasteiger partial charge in [-0.2, -0.15) is 4.98 Å². The van der Waals surface area contributed by atoms with Gasteiger partial charge in [-0.3, -0.25) is 10.1 Å². The number of ether oxygens (including phenoxy) is 3. The number of carbonyl (C=O) groups excluding carboxylic acids is 1. The van der Waals surface area contributed by atoms with Crippen molar-refractivity contribution in [2.75, 3.05) is 25.7 Å². The molecule has 1 atom stereocenters. The van der Waals surface area contributed by atoms with Gasteiger partial charge in [-0.05, 0) is 38.3 Å². The Balaban J connectivity index is 2.42. The van der Waals surface area contributed by atoms with Crippen molar-refractivity contribution >= 4 is 29.1 Å². The fourth-order valence-electron chi connectivity index (χ4n) is 3.61. The molecule has 10 nitrogen and oxygen atoms in total. The Hall–Kier alpha value is -2.04. The predicted molar refractivity (Wildman–Crippen MR) is 101 cm³/mol. The smallest absolute Gasteiger partial charge is 0.329 e. The van der Waals surface area contributed by atoms with E-state index in [0.29, 0.717) is 32.3 Å². The average molecular weight is 417 g/mol. The van der Waals surface area contributed by atoms with Gasteiger partial charge in [-0.15, -0.1) is 0 Å². The minimum atomic E-state index is -0.804. The highest BCUT2D eigenvalue weighted by molar-refractivity contribution is 6.28. The average Bonchev–Trinajstić information content (AvgIpc) is 2.68. The van der Waals surface area contributed by atoms with Gasteiger partial charge in [0.1, 0.15) is 12.2 Å². The molecule has 28 heavy (non-hydrogen) atoms. The third-order valence-electron chi connectivity index (χ3n) is 5.01. The number of rotatable bonds is 8. The highest BCUT2D eigenvalue weighted by Crippen LogP contribution is 2.39. The number of hydrogen-bond donors (Lipinski definition) is 0. The minimum Gasteiger partial charge on any atom is -0.467 e. The molecule has 0 aromatic carbocycles. The normalized spacial score (nSPS) is 23.1. The van der Waals surface area contributed by atoms with Crippen LogP contribution >= 0.6 is 11.6 Å². The van der Waals surface area contributed by atoms with Gasteiger partial charge in [0.25, 0.3) is 0 Å². The molecule has 1 saturated carbocycles. The van der Waals surface area contributed by atoms with Crippen LogP contribution in [0.5, 0.6) is 0 Å². The molecule has 1 aliphatic rings. The number of methoxy groups -OCH3 is 2. The Morgan fingerprint density at radius 1 is 1.46 bits per heavy atom. The summed E-state index contributed by atoms with van der Waals surface area (Å²) in [4.78, 5) is 32.6. The molecule has 0 aliphatic heterocycles. The number of esters is 1. The molecular weight excluding hydrogens is 392 g/mol. The highest BCUT2D eigenvalue weighted by atomic mass is 35.5. The number of carbonyl (C=O) groups is 1. The predicted octanol–water partition coefficient (Wildman–Crippen LogP) is 2.73. The van der Waals surface area contributed by atoms with E-state index in [-0.39, 0.29) is 22.8 Å². The van der Waals surface area contributed by atoms with Crippen LogP contribution in [0, 0.1) is 10.1 Å². The second kappa shape index (κ2) is 9.44. The fraction of sp³-hybridized carbons (Fsp3) is 0.706. The van der Waals surface area contributed by atoms with Crippen LogP contribution in [0.2, 0.25) is 5.28 Å². The van der Waals surface area contributed by atoms with Gasteiger partial charge in [0.05, 0.1) is 12.0 Å². The Bertz CT molecular complexity index is 711. The van der Waals surface area contributed by atoms with Crippen molar-refractivity contribution in [3.8, 4) is 0 Å². The van der Waals surface area contributed by atoms with Crippen molar-refractivity contribution in [1.82, 2.24) is 9.97 Å². The second-order valence-corrected chi connectivity index (χ2v) is 6.83. The molecule has 11 heteroatoms. The van der Waals surface area contributed by atoms with Crippen molar-refractivity contribution in [1.29, 1.82) is 0 Å². The highest BCUT2D eigenvalue weighted by Gasteiger charge is 2.42. The van der Waals surface area contributed by atoms with Crippen molar-refractivity contribution in [2.24, 2.45) is 0 Å². The van der Waals surface area contributed by atoms with Crippen LogP contribution in [0.25, 0.3) is 0 Å². The Labute approximate surface area is 168 Å². The van der Waals surface area contributed by atoms with Gasteiger partial charge in [0.15, 0.2) is 5.79 Å². The van der Waals surface area contributed by atoms with Gasteiger partial charge in [0.2, 0.25) is 11.1 Å². The lowest BCUT2D eigenvalue weighted by molar-refractivity contribution is -0.384. The zero-order valence-electron chi connectivity index (χ0n) is 16.4. The molecule has 2 rings (SSSR count). The molecule has 0 radical (unpaired) electrons. The maximum absolute atomic E-state index is 12.3. The largest absolute Gasteiger partial charge is 0.467 e. The number of anilines is 1. The third kappa shape index (κ3) is 4.68. The third-order valence-corrected chi connectivity index (χ3v) is 5.19. The minimum absolute atomic E-state index is 0.00535. The first-order valence-corrected chi connectivity index (χ1v) is 9.38. The summed E-state index contributed by atoms with van der Waals surface area (Å²) in [7, 11) is 2.87. The van der Waals surface area contributed by atoms with E-state index in [4.69, 9.17) is 25.8 Å². The summed E-state index contributed by atoms with van der Waals surface area (Å²) < 4.78 is 16.2. The van der Waals surface area contributed by atoms with Gasteiger partial charge < -0.3 is 19.1 Å². The molecule has 0 bridgehead atoms. The molecule has 1 heterocycles. The first-order chi connectivity index (χ1) is 13.3. The topological polar surface area (TPSA) is 117 Å². The molecule has 156 valence electrons. The quantitative estimate of drug-likeness (QED) is 0.207. The van der Waals surface area contributed by atoms with E-state index < -0.39 is 22.7 Å². The van der Waals surface area contributed by atoms with E-state index in [9.17, 15) is 14.9 Å². The van der Waals surface area contributed by atoms with Crippen molar-refractivity contribution in [3.63, 3.8) is 0 Å². The van der Waals surface area contributed by atoms with E-state index in [1.165, 1.54) is 7.11 Å². The van der Waals surface area contributed by atoms with Gasteiger partial charge in [0, 0.05) is 32.6 Å². The van der Waals surface area contributed by atoms with E-state index in [2.05, 4.69) is 9.97 Å². The van der Waals surface area contributed by atoms with Crippen LogP contribution in [-0.2, 0) is 19.0 Å². The van der Waals surface area contributed by atoms with Crippen LogP contribution in [-0.4, -0.2) is 59.6 Å². The maximum Gasteiger partial charge on any atom is 0.329 e. The van der Waals surface area contributed by atoms with E-state index in [1.807, 2.05) is 6.92 Å². The van der Waals surface area contributed by atoms with Crippen molar-refractivity contribution < 1.29 is 23.9 Å². The number of nitro groups is 1. The standard InChI is InChI=1S/C17H25ClN4O6/c1-5-28-17(27-4)8-6-12(7-9-17)21(11(2)15(23)26-3)14-13(22(24)25)10-19-16(18)20-14/h10-12H,5-9H2,1-4H3. The lowest BCUT2D eigenvalue weighted by atomic mass is 9.88. The van der Waals surface area contributed by atoms with E-state index in [0.717, 1.165) is 6.20 Å². The number of nitrogens with zero attached hydrogens (tertiary/aromatic N) is 4. The summed E-state index contributed by atoms with van der Waals surface area (Å²) >= 11 is 5.90. The molecule has 0 spiro atoms. The summed E-state index contributed by atoms with van der Waals surface area (Å²) in [5.41, 5.74) is -0.325. The molecule has 0 saturated heterocycles. The summed E-state index contributed by atoms with van der Waals surface area (Å²) in [6, 6.07) is -1.02. The molecule has 1 aromatic heterocycles. The second-order valence-electron chi connectivity index (χ2n) is 6.49. The lowest BCUT2D eigenvalue weighted by Gasteiger charge is -2.43. The number of aromatic nitrogens is 2. The maximum atomic E-state index is 12.3. The van der Waals surface area contributed by atoms with Crippen molar-refractivity contribution in [3.05, 3.63) is 21.6 Å². The van der Waals surface area contributed by atoms with E-state index >= 15 is 0 Å². The number of hydrogen-bond acceptors (Lipinski definition) is 9. The van der Waals surface area contributed by atoms with Crippen LogP contribution < -0.4 is 4.90 Å². The Morgan fingerprint density at radius 3 is 2.61 bits per heavy atom. The lowest BCUT2D eigenvalue weighted by Crippen LogP contribution is -2.51. The molecule has 0 amide bonds.